The highest BCUT2D eigenvalue weighted by atomic mass is 16.1. The average molecular weight is 458 g/mol. The topological polar surface area (TPSA) is 66.5 Å². The summed E-state index contributed by atoms with van der Waals surface area (Å²) in [6.07, 6.45) is 8.63. The molecule has 2 aliphatic rings. The molecule has 2 fully saturated rings. The van der Waals surface area contributed by atoms with Gasteiger partial charge in [0.2, 0.25) is 0 Å². The molecular weight excluding hydrogens is 410 g/mol. The van der Waals surface area contributed by atoms with Crippen LogP contribution in [0, 0.1) is 11.8 Å². The Balaban J connectivity index is 0.00000187. The number of nitrogens with zero attached hydrogens (tertiary/aromatic N) is 3. The Kier molecular flexibility index (Phi) is 10.6. The largest absolute Gasteiger partial charge is 0.377 e. The second-order valence-corrected chi connectivity index (χ2v) is 9.14. The number of primary amides is 1. The Hall–Kier alpha value is -2.21. The van der Waals surface area contributed by atoms with E-state index in [1.54, 1.807) is 0 Å². The van der Waals surface area contributed by atoms with E-state index in [1.165, 1.54) is 31.3 Å². The van der Waals surface area contributed by atoms with E-state index in [4.69, 9.17) is 5.73 Å². The molecule has 3 heterocycles. The van der Waals surface area contributed by atoms with Gasteiger partial charge in [-0.15, -0.1) is 0 Å². The minimum absolute atomic E-state index is 0.366. The molecule has 3 N–H and O–H groups in total. The van der Waals surface area contributed by atoms with Gasteiger partial charge in [0, 0.05) is 44.1 Å². The van der Waals surface area contributed by atoms with Crippen LogP contribution in [0.1, 0.15) is 81.5 Å². The summed E-state index contributed by atoms with van der Waals surface area (Å²) in [6, 6.07) is 1.99. The smallest absolute Gasteiger partial charge is 0.267 e. The molecule has 0 radical (unpaired) electrons. The van der Waals surface area contributed by atoms with Crippen LogP contribution in [0.5, 0.6) is 0 Å². The number of amides is 1. The number of nitrogens with one attached hydrogen (secondary N) is 1. The molecule has 1 aromatic heterocycles. The minimum Gasteiger partial charge on any atom is -0.377 e. The Morgan fingerprint density at radius 1 is 1.21 bits per heavy atom. The van der Waals surface area contributed by atoms with Gasteiger partial charge in [0.15, 0.2) is 0 Å². The molecule has 1 amide bonds. The molecule has 0 aliphatic carbocycles. The van der Waals surface area contributed by atoms with Gasteiger partial charge in [0.25, 0.3) is 5.91 Å². The van der Waals surface area contributed by atoms with E-state index in [0.29, 0.717) is 5.69 Å². The third-order valence-electron chi connectivity index (χ3n) is 7.10. The number of rotatable bonds is 8. The Morgan fingerprint density at radius 2 is 1.88 bits per heavy atom. The molecular formula is C27H47N5O. The van der Waals surface area contributed by atoms with Crippen LogP contribution in [0.15, 0.2) is 24.3 Å². The first-order chi connectivity index (χ1) is 15.9. The number of nitrogens with two attached hydrogens (primary N) is 1. The van der Waals surface area contributed by atoms with E-state index in [2.05, 4.69) is 54.4 Å². The molecule has 0 bridgehead atoms. The van der Waals surface area contributed by atoms with Crippen molar-refractivity contribution in [1.29, 1.82) is 0 Å². The van der Waals surface area contributed by atoms with E-state index >= 15 is 0 Å². The van der Waals surface area contributed by atoms with Crippen molar-refractivity contribution in [3.63, 3.8) is 0 Å². The zero-order valence-corrected chi connectivity index (χ0v) is 21.9. The summed E-state index contributed by atoms with van der Waals surface area (Å²) >= 11 is 0. The van der Waals surface area contributed by atoms with Gasteiger partial charge in [0.05, 0.1) is 0 Å². The monoisotopic (exact) mass is 457 g/mol. The van der Waals surface area contributed by atoms with Gasteiger partial charge >= 0.3 is 0 Å². The van der Waals surface area contributed by atoms with E-state index in [0.717, 1.165) is 67.8 Å². The highest BCUT2D eigenvalue weighted by Gasteiger charge is 2.31. The minimum atomic E-state index is -0.366. The Morgan fingerprint density at radius 3 is 2.33 bits per heavy atom. The van der Waals surface area contributed by atoms with Crippen molar-refractivity contribution in [2.45, 2.75) is 66.2 Å². The van der Waals surface area contributed by atoms with Crippen molar-refractivity contribution >= 4 is 11.6 Å². The van der Waals surface area contributed by atoms with Gasteiger partial charge in [-0.25, -0.2) is 0 Å². The van der Waals surface area contributed by atoms with Gasteiger partial charge in [-0.3, -0.25) is 9.47 Å². The van der Waals surface area contributed by atoms with Crippen molar-refractivity contribution in [3.8, 4) is 0 Å². The van der Waals surface area contributed by atoms with E-state index < -0.39 is 0 Å². The molecule has 186 valence electrons. The fourth-order valence-corrected chi connectivity index (χ4v) is 5.53. The van der Waals surface area contributed by atoms with Crippen LogP contribution in [-0.2, 0) is 6.42 Å². The molecule has 0 saturated carbocycles. The van der Waals surface area contributed by atoms with Crippen LogP contribution >= 0.6 is 0 Å². The van der Waals surface area contributed by atoms with Crippen LogP contribution in [0.2, 0.25) is 0 Å². The number of piperidine rings is 2. The molecule has 6 nitrogen and oxygen atoms in total. The van der Waals surface area contributed by atoms with Crippen LogP contribution < -0.4 is 16.1 Å². The number of hydrogen-bond acceptors (Lipinski definition) is 4. The highest BCUT2D eigenvalue weighted by Crippen LogP contribution is 2.33. The standard InChI is InChI=1S/C25H41N5O.C2H6/c1-6-18(7-2)24(28(4)5)21-16-23(25(26)31)30(22(21)8-3)29-14-11-19(12-15-29)20-10-9-13-27-17-20;1-2/h6,16,19-20,27H,1,7-15,17H2,2-5H3,(H2,26,31);1-2H3/b24-18+;. The third-order valence-corrected chi connectivity index (χ3v) is 7.10. The normalized spacial score (nSPS) is 19.9. The van der Waals surface area contributed by atoms with E-state index in [9.17, 15) is 4.79 Å². The molecule has 0 spiro atoms. The van der Waals surface area contributed by atoms with Gasteiger partial charge in [-0.1, -0.05) is 40.3 Å². The lowest BCUT2D eigenvalue weighted by atomic mass is 9.80. The van der Waals surface area contributed by atoms with Gasteiger partial charge < -0.3 is 21.0 Å². The van der Waals surface area contributed by atoms with Crippen molar-refractivity contribution < 1.29 is 4.79 Å². The molecule has 0 aromatic carbocycles. The summed E-state index contributed by atoms with van der Waals surface area (Å²) in [5.41, 5.74) is 11.0. The molecule has 3 rings (SSSR count). The lowest BCUT2D eigenvalue weighted by Crippen LogP contribution is -2.47. The molecule has 2 saturated heterocycles. The second-order valence-electron chi connectivity index (χ2n) is 9.14. The Labute approximate surface area is 201 Å². The van der Waals surface area contributed by atoms with Crippen LogP contribution in [0.4, 0.5) is 0 Å². The number of carbonyl (C=O) groups is 1. The second kappa shape index (κ2) is 12.9. The number of hydrogen-bond donors (Lipinski definition) is 2. The fraction of sp³-hybridized carbons (Fsp3) is 0.667. The first-order valence-corrected chi connectivity index (χ1v) is 13.0. The van der Waals surface area contributed by atoms with E-state index in [-0.39, 0.29) is 5.91 Å². The summed E-state index contributed by atoms with van der Waals surface area (Å²) in [5.74, 6) is 1.19. The predicted molar refractivity (Wildman–Crippen MR) is 141 cm³/mol. The maximum Gasteiger partial charge on any atom is 0.267 e. The van der Waals surface area contributed by atoms with Crippen LogP contribution in [-0.4, -0.2) is 55.8 Å². The van der Waals surface area contributed by atoms with Gasteiger partial charge in [-0.05, 0) is 75.1 Å². The maximum atomic E-state index is 12.5. The third kappa shape index (κ3) is 6.03. The first-order valence-electron chi connectivity index (χ1n) is 13.0. The lowest BCUT2D eigenvalue weighted by Gasteiger charge is -2.40. The average Bonchev–Trinajstić information content (AvgIpc) is 3.23. The summed E-state index contributed by atoms with van der Waals surface area (Å²) in [4.78, 5) is 14.6. The van der Waals surface area contributed by atoms with Gasteiger partial charge in [-0.2, -0.15) is 0 Å². The number of aromatic nitrogens is 1. The Bertz CT molecular complexity index is 809. The zero-order valence-electron chi connectivity index (χ0n) is 21.9. The number of carbonyl (C=O) groups excluding carboxylic acids is 1. The van der Waals surface area contributed by atoms with Crippen molar-refractivity contribution in [1.82, 2.24) is 14.9 Å². The molecule has 2 aliphatic heterocycles. The van der Waals surface area contributed by atoms with Gasteiger partial charge in [0.1, 0.15) is 5.69 Å². The van der Waals surface area contributed by atoms with Crippen LogP contribution in [0.25, 0.3) is 5.70 Å². The summed E-state index contributed by atoms with van der Waals surface area (Å²) in [6.45, 7) is 16.6. The summed E-state index contributed by atoms with van der Waals surface area (Å²) < 4.78 is 2.13. The van der Waals surface area contributed by atoms with E-state index in [1.807, 2.05) is 26.0 Å². The van der Waals surface area contributed by atoms with Crippen molar-refractivity contribution in [3.05, 3.63) is 41.2 Å². The summed E-state index contributed by atoms with van der Waals surface area (Å²) in [7, 11) is 4.11. The van der Waals surface area contributed by atoms with Crippen LogP contribution in [0.3, 0.4) is 0 Å². The molecule has 1 aromatic rings. The SMILES string of the molecule is C=C/C(CC)=C(/c1cc(C(N)=O)n(N2CCC(C3CCCNC3)CC2)c1CC)N(C)C.CC. The molecule has 1 atom stereocenters. The zero-order chi connectivity index (χ0) is 24.5. The molecule has 6 heteroatoms. The first kappa shape index (κ1) is 27.0. The molecule has 1 unspecified atom stereocenters. The summed E-state index contributed by atoms with van der Waals surface area (Å²) in [5, 5.41) is 5.92. The highest BCUT2D eigenvalue weighted by molar-refractivity contribution is 5.93. The quantitative estimate of drug-likeness (QED) is 0.568. The fourth-order valence-electron chi connectivity index (χ4n) is 5.53. The van der Waals surface area contributed by atoms with Crippen molar-refractivity contribution in [2.24, 2.45) is 17.6 Å². The lowest BCUT2D eigenvalue weighted by molar-refractivity contribution is 0.0989. The molecule has 33 heavy (non-hydrogen) atoms. The number of allylic oxidation sites excluding steroid dienone is 2. The predicted octanol–water partition coefficient (Wildman–Crippen LogP) is 4.39. The maximum absolute atomic E-state index is 12.5. The van der Waals surface area contributed by atoms with Crippen molar-refractivity contribution in [2.75, 3.05) is 45.3 Å².